The molecule has 0 bridgehead atoms. The van der Waals surface area contributed by atoms with Gasteiger partial charge in [0.2, 0.25) is 0 Å². The molecular weight excluding hydrogens is 280 g/mol. The molecule has 0 aromatic heterocycles. The van der Waals surface area contributed by atoms with Gasteiger partial charge in [0.25, 0.3) is 0 Å². The van der Waals surface area contributed by atoms with Crippen molar-refractivity contribution in [3.63, 3.8) is 0 Å². The van der Waals surface area contributed by atoms with E-state index in [9.17, 15) is 0 Å². The van der Waals surface area contributed by atoms with Crippen molar-refractivity contribution in [2.45, 2.75) is 31.3 Å². The van der Waals surface area contributed by atoms with Crippen molar-refractivity contribution in [2.75, 3.05) is 26.2 Å². The molecule has 23 heavy (non-hydrogen) atoms. The summed E-state index contributed by atoms with van der Waals surface area (Å²) in [4.78, 5) is 5.42. The highest BCUT2D eigenvalue weighted by Gasteiger charge is 2.33. The molecule has 2 heteroatoms. The van der Waals surface area contributed by atoms with Crippen LogP contribution >= 0.6 is 0 Å². The topological polar surface area (TPSA) is 6.48 Å². The number of hydrogen-bond donors (Lipinski definition) is 0. The summed E-state index contributed by atoms with van der Waals surface area (Å²) in [5.74, 6) is 0. The van der Waals surface area contributed by atoms with E-state index < -0.39 is 0 Å². The lowest BCUT2D eigenvalue weighted by Crippen LogP contribution is -2.55. The quantitative estimate of drug-likeness (QED) is 0.847. The summed E-state index contributed by atoms with van der Waals surface area (Å²) in [7, 11) is 0. The highest BCUT2D eigenvalue weighted by Crippen LogP contribution is 2.32. The monoisotopic (exact) mass is 306 g/mol. The number of piperidine rings is 1. The molecule has 0 spiro atoms. The van der Waals surface area contributed by atoms with Crippen LogP contribution < -0.4 is 0 Å². The van der Waals surface area contributed by atoms with Crippen LogP contribution in [0.2, 0.25) is 0 Å². The zero-order valence-electron chi connectivity index (χ0n) is 13.8. The zero-order valence-corrected chi connectivity index (χ0v) is 13.8. The Kier molecular flexibility index (Phi) is 4.45. The molecule has 2 aromatic rings. The normalized spacial score (nSPS) is 22.9. The summed E-state index contributed by atoms with van der Waals surface area (Å²) in [6, 6.07) is 23.2. The van der Waals surface area contributed by atoms with Gasteiger partial charge in [0.15, 0.2) is 0 Å². The van der Waals surface area contributed by atoms with Crippen LogP contribution in [0.4, 0.5) is 0 Å². The van der Waals surface area contributed by atoms with Gasteiger partial charge in [-0.05, 0) is 30.5 Å². The first kappa shape index (κ1) is 14.9. The van der Waals surface area contributed by atoms with Gasteiger partial charge < -0.3 is 0 Å². The van der Waals surface area contributed by atoms with Crippen LogP contribution in [0, 0.1) is 0 Å². The van der Waals surface area contributed by atoms with E-state index in [1.807, 2.05) is 0 Å². The van der Waals surface area contributed by atoms with Crippen molar-refractivity contribution >= 4 is 0 Å². The van der Waals surface area contributed by atoms with E-state index in [1.165, 1.54) is 56.6 Å². The van der Waals surface area contributed by atoms with E-state index in [2.05, 4.69) is 70.5 Å². The van der Waals surface area contributed by atoms with Crippen molar-refractivity contribution in [1.82, 2.24) is 9.80 Å². The molecule has 2 aliphatic rings. The molecule has 1 unspecified atom stereocenters. The Bertz CT molecular complexity index is 571. The average molecular weight is 306 g/mol. The molecule has 0 radical (unpaired) electrons. The van der Waals surface area contributed by atoms with Gasteiger partial charge in [-0.2, -0.15) is 0 Å². The van der Waals surface area contributed by atoms with E-state index in [1.54, 1.807) is 0 Å². The lowest BCUT2D eigenvalue weighted by Gasteiger charge is -2.46. The maximum absolute atomic E-state index is 2.72. The van der Waals surface area contributed by atoms with Gasteiger partial charge in [0.1, 0.15) is 0 Å². The maximum atomic E-state index is 2.72. The lowest BCUT2D eigenvalue weighted by atomic mass is 9.93. The van der Waals surface area contributed by atoms with Crippen molar-refractivity contribution < 1.29 is 0 Å². The number of nitrogens with zero attached hydrogens (tertiary/aromatic N) is 2. The average Bonchev–Trinajstić information content (AvgIpc) is 2.64. The third-order valence-corrected chi connectivity index (χ3v) is 5.46. The second-order valence-electron chi connectivity index (χ2n) is 6.90. The summed E-state index contributed by atoms with van der Waals surface area (Å²) >= 11 is 0. The molecule has 4 rings (SSSR count). The minimum Gasteiger partial charge on any atom is -0.298 e. The fourth-order valence-electron chi connectivity index (χ4n) is 4.30. The molecule has 2 nitrogen and oxygen atoms in total. The van der Waals surface area contributed by atoms with Gasteiger partial charge in [-0.25, -0.2) is 0 Å². The van der Waals surface area contributed by atoms with E-state index in [4.69, 9.17) is 0 Å². The Balaban J connectivity index is 1.63. The molecular formula is C21H26N2. The van der Waals surface area contributed by atoms with Crippen LogP contribution in [0.3, 0.4) is 0 Å². The van der Waals surface area contributed by atoms with Gasteiger partial charge >= 0.3 is 0 Å². The van der Waals surface area contributed by atoms with Crippen molar-refractivity contribution in [3.8, 4) is 0 Å². The SMILES string of the molecule is c1ccc(C(c2ccccc2)N2CCN3CCCCC3C2)cc1. The number of fused-ring (bicyclic) bond motifs is 1. The highest BCUT2D eigenvalue weighted by atomic mass is 15.3. The summed E-state index contributed by atoms with van der Waals surface area (Å²) < 4.78 is 0. The molecule has 2 fully saturated rings. The first-order chi connectivity index (χ1) is 11.4. The van der Waals surface area contributed by atoms with Crippen LogP contribution in [0.5, 0.6) is 0 Å². The number of rotatable bonds is 3. The molecule has 2 saturated heterocycles. The van der Waals surface area contributed by atoms with Gasteiger partial charge in [-0.15, -0.1) is 0 Å². The van der Waals surface area contributed by atoms with Crippen molar-refractivity contribution in [3.05, 3.63) is 71.8 Å². The fourth-order valence-corrected chi connectivity index (χ4v) is 4.30. The smallest absolute Gasteiger partial charge is 0.0602 e. The molecule has 2 aromatic carbocycles. The lowest BCUT2D eigenvalue weighted by molar-refractivity contribution is 0.0350. The van der Waals surface area contributed by atoms with E-state index in [0.717, 1.165) is 6.04 Å². The van der Waals surface area contributed by atoms with Gasteiger partial charge in [-0.1, -0.05) is 67.1 Å². The zero-order chi connectivity index (χ0) is 15.5. The standard InChI is InChI=1S/C21H26N2/c1-3-9-18(10-4-1)21(19-11-5-2-6-12-19)23-16-15-22-14-8-7-13-20(22)17-23/h1-6,9-12,20-21H,7-8,13-17H2. The Hall–Kier alpha value is -1.64. The molecule has 120 valence electrons. The van der Waals surface area contributed by atoms with Crippen LogP contribution in [-0.2, 0) is 0 Å². The van der Waals surface area contributed by atoms with Gasteiger partial charge in [-0.3, -0.25) is 9.80 Å². The number of benzene rings is 2. The summed E-state index contributed by atoms with van der Waals surface area (Å²) in [5, 5.41) is 0. The molecule has 0 saturated carbocycles. The Labute approximate surface area is 139 Å². The van der Waals surface area contributed by atoms with E-state index in [0.29, 0.717) is 6.04 Å². The largest absolute Gasteiger partial charge is 0.298 e. The first-order valence-electron chi connectivity index (χ1n) is 9.00. The van der Waals surface area contributed by atoms with Crippen molar-refractivity contribution in [2.24, 2.45) is 0 Å². The van der Waals surface area contributed by atoms with Crippen LogP contribution in [0.25, 0.3) is 0 Å². The predicted molar refractivity (Wildman–Crippen MR) is 95.5 cm³/mol. The second kappa shape index (κ2) is 6.86. The van der Waals surface area contributed by atoms with Crippen LogP contribution in [0.1, 0.15) is 36.4 Å². The third-order valence-electron chi connectivity index (χ3n) is 5.46. The second-order valence-corrected chi connectivity index (χ2v) is 6.90. The number of hydrogen-bond acceptors (Lipinski definition) is 2. The number of piperazine rings is 1. The maximum Gasteiger partial charge on any atom is 0.0602 e. The fraction of sp³-hybridized carbons (Fsp3) is 0.429. The molecule has 2 aliphatic heterocycles. The Morgan fingerprint density at radius 3 is 2.04 bits per heavy atom. The third kappa shape index (κ3) is 3.19. The van der Waals surface area contributed by atoms with E-state index in [-0.39, 0.29) is 0 Å². The summed E-state index contributed by atoms with van der Waals surface area (Å²) in [6.45, 7) is 4.90. The summed E-state index contributed by atoms with van der Waals surface area (Å²) in [6.07, 6.45) is 4.15. The van der Waals surface area contributed by atoms with Gasteiger partial charge in [0.05, 0.1) is 6.04 Å². The molecule has 0 amide bonds. The van der Waals surface area contributed by atoms with Crippen molar-refractivity contribution in [1.29, 1.82) is 0 Å². The minimum absolute atomic E-state index is 0.390. The van der Waals surface area contributed by atoms with Gasteiger partial charge in [0, 0.05) is 25.7 Å². The summed E-state index contributed by atoms with van der Waals surface area (Å²) in [5.41, 5.74) is 2.84. The molecule has 2 heterocycles. The molecule has 0 N–H and O–H groups in total. The van der Waals surface area contributed by atoms with Crippen LogP contribution in [0.15, 0.2) is 60.7 Å². The Morgan fingerprint density at radius 1 is 0.739 bits per heavy atom. The molecule has 0 aliphatic carbocycles. The minimum atomic E-state index is 0.390. The molecule has 1 atom stereocenters. The van der Waals surface area contributed by atoms with Crippen LogP contribution in [-0.4, -0.2) is 42.0 Å². The first-order valence-corrected chi connectivity index (χ1v) is 9.00. The predicted octanol–water partition coefficient (Wildman–Crippen LogP) is 3.95. The highest BCUT2D eigenvalue weighted by molar-refractivity contribution is 5.32. The van der Waals surface area contributed by atoms with E-state index >= 15 is 0 Å². The Morgan fingerprint density at radius 2 is 1.39 bits per heavy atom.